The maximum absolute atomic E-state index is 12.6. The van der Waals surface area contributed by atoms with Gasteiger partial charge in [-0.3, -0.25) is 0 Å². The van der Waals surface area contributed by atoms with E-state index in [0.29, 0.717) is 18.9 Å². The third kappa shape index (κ3) is 4.30. The first-order valence-electron chi connectivity index (χ1n) is 8.00. The third-order valence-corrected chi connectivity index (χ3v) is 3.55. The summed E-state index contributed by atoms with van der Waals surface area (Å²) in [5.74, 6) is 0.886. The van der Waals surface area contributed by atoms with Crippen molar-refractivity contribution in [3.05, 3.63) is 66.9 Å². The van der Waals surface area contributed by atoms with Crippen LogP contribution in [0.3, 0.4) is 0 Å². The summed E-state index contributed by atoms with van der Waals surface area (Å²) in [7, 11) is 0. The molecule has 1 radical (unpaired) electrons. The Kier molecular flexibility index (Phi) is 5.68. The molecule has 0 aliphatic heterocycles. The Morgan fingerprint density at radius 1 is 1.23 bits per heavy atom. The number of aromatic nitrogens is 1. The van der Waals surface area contributed by atoms with Crippen molar-refractivity contribution in [2.45, 2.75) is 20.1 Å². The fraction of sp³-hybridized carbons (Fsp3) is 0.211. The maximum Gasteiger partial charge on any atom is 0.387 e. The van der Waals surface area contributed by atoms with E-state index in [1.54, 1.807) is 31.3 Å². The molecular formula is C19H17F2N2O3. The molecule has 5 nitrogen and oxygen atoms in total. The molecule has 26 heavy (non-hydrogen) atoms. The molecule has 0 aliphatic carbocycles. The predicted octanol–water partition coefficient (Wildman–Crippen LogP) is 4.81. The van der Waals surface area contributed by atoms with E-state index in [9.17, 15) is 8.78 Å². The summed E-state index contributed by atoms with van der Waals surface area (Å²) in [5, 5.41) is 0. The monoisotopic (exact) mass is 359 g/mol. The SMILES string of the molecule is CCOc1cc(N(Cc2cnco2)c2c[c]ccc2)ccc1OC(F)F. The molecule has 0 unspecified atom stereocenters. The summed E-state index contributed by atoms with van der Waals surface area (Å²) in [4.78, 5) is 5.86. The summed E-state index contributed by atoms with van der Waals surface area (Å²) >= 11 is 0. The molecule has 0 aliphatic rings. The van der Waals surface area contributed by atoms with E-state index in [0.717, 1.165) is 11.4 Å². The number of hydrogen-bond donors (Lipinski definition) is 0. The van der Waals surface area contributed by atoms with Crippen LogP contribution in [0.25, 0.3) is 0 Å². The first-order valence-corrected chi connectivity index (χ1v) is 8.00. The van der Waals surface area contributed by atoms with Gasteiger partial charge in [0, 0.05) is 17.4 Å². The Labute approximate surface area is 149 Å². The molecule has 0 fully saturated rings. The van der Waals surface area contributed by atoms with Crippen molar-refractivity contribution in [2.75, 3.05) is 11.5 Å². The van der Waals surface area contributed by atoms with Crippen molar-refractivity contribution in [3.63, 3.8) is 0 Å². The van der Waals surface area contributed by atoms with Gasteiger partial charge in [0.2, 0.25) is 0 Å². The van der Waals surface area contributed by atoms with Crippen LogP contribution < -0.4 is 14.4 Å². The number of halogens is 2. The van der Waals surface area contributed by atoms with E-state index >= 15 is 0 Å². The normalized spacial score (nSPS) is 10.8. The molecule has 0 N–H and O–H groups in total. The van der Waals surface area contributed by atoms with Gasteiger partial charge in [-0.05, 0) is 37.3 Å². The van der Waals surface area contributed by atoms with Crippen molar-refractivity contribution in [1.82, 2.24) is 4.98 Å². The van der Waals surface area contributed by atoms with Crippen molar-refractivity contribution < 1.29 is 22.7 Å². The fourth-order valence-electron chi connectivity index (χ4n) is 2.49. The van der Waals surface area contributed by atoms with Gasteiger partial charge in [-0.15, -0.1) is 0 Å². The molecule has 0 atom stereocenters. The molecule has 2 aromatic carbocycles. The van der Waals surface area contributed by atoms with Crippen molar-refractivity contribution in [3.8, 4) is 11.5 Å². The van der Waals surface area contributed by atoms with Crippen molar-refractivity contribution >= 4 is 11.4 Å². The summed E-state index contributed by atoms with van der Waals surface area (Å²) < 4.78 is 40.6. The van der Waals surface area contributed by atoms with Crippen molar-refractivity contribution in [1.29, 1.82) is 0 Å². The van der Waals surface area contributed by atoms with Crippen LogP contribution >= 0.6 is 0 Å². The van der Waals surface area contributed by atoms with Crippen LogP contribution in [0, 0.1) is 6.07 Å². The maximum atomic E-state index is 12.6. The second-order valence-corrected chi connectivity index (χ2v) is 5.26. The molecule has 3 rings (SSSR count). The minimum Gasteiger partial charge on any atom is -0.490 e. The van der Waals surface area contributed by atoms with Crippen molar-refractivity contribution in [2.24, 2.45) is 0 Å². The molecule has 1 aromatic heterocycles. The van der Waals surface area contributed by atoms with E-state index in [1.165, 1.54) is 12.5 Å². The summed E-state index contributed by atoms with van der Waals surface area (Å²) in [6, 6.07) is 15.2. The lowest BCUT2D eigenvalue weighted by atomic mass is 10.2. The molecule has 7 heteroatoms. The lowest BCUT2D eigenvalue weighted by Crippen LogP contribution is -2.16. The van der Waals surface area contributed by atoms with Crippen LogP contribution in [-0.4, -0.2) is 18.2 Å². The van der Waals surface area contributed by atoms with Crippen LogP contribution in [0.4, 0.5) is 20.2 Å². The molecule has 3 aromatic rings. The Bertz CT molecular complexity index is 811. The zero-order chi connectivity index (χ0) is 18.4. The van der Waals surface area contributed by atoms with E-state index in [4.69, 9.17) is 9.15 Å². The topological polar surface area (TPSA) is 47.7 Å². The van der Waals surface area contributed by atoms with Gasteiger partial charge in [0.25, 0.3) is 0 Å². The van der Waals surface area contributed by atoms with Gasteiger partial charge in [-0.1, -0.05) is 12.1 Å². The second kappa shape index (κ2) is 8.33. The predicted molar refractivity (Wildman–Crippen MR) is 91.9 cm³/mol. The summed E-state index contributed by atoms with van der Waals surface area (Å²) in [6.07, 6.45) is 2.98. The number of nitrogens with zero attached hydrogens (tertiary/aromatic N) is 2. The zero-order valence-electron chi connectivity index (χ0n) is 14.1. The number of hydrogen-bond acceptors (Lipinski definition) is 5. The summed E-state index contributed by atoms with van der Waals surface area (Å²) in [5.41, 5.74) is 1.58. The molecule has 135 valence electrons. The number of benzene rings is 2. The summed E-state index contributed by atoms with van der Waals surface area (Å²) in [6.45, 7) is -0.422. The number of rotatable bonds is 8. The van der Waals surface area contributed by atoms with E-state index in [1.807, 2.05) is 23.1 Å². The van der Waals surface area contributed by atoms with Gasteiger partial charge in [0.15, 0.2) is 17.9 Å². The smallest absolute Gasteiger partial charge is 0.387 e. The minimum absolute atomic E-state index is 0.00941. The van der Waals surface area contributed by atoms with E-state index < -0.39 is 6.61 Å². The highest BCUT2D eigenvalue weighted by Crippen LogP contribution is 2.36. The highest BCUT2D eigenvalue weighted by atomic mass is 19.3. The van der Waals surface area contributed by atoms with E-state index in [-0.39, 0.29) is 11.5 Å². The van der Waals surface area contributed by atoms with E-state index in [2.05, 4.69) is 15.8 Å². The molecule has 0 amide bonds. The van der Waals surface area contributed by atoms with Crippen LogP contribution in [0.5, 0.6) is 11.5 Å². The number of ether oxygens (including phenoxy) is 2. The standard InChI is InChI=1S/C19H17F2N2O3/c1-2-24-18-10-15(8-9-17(18)26-19(20)21)23(12-16-11-22-13-25-16)14-6-4-3-5-7-14/h3-4,6-11,13,19H,2,12H2,1H3. The van der Waals surface area contributed by atoms with Crippen LogP contribution in [-0.2, 0) is 6.54 Å². The average Bonchev–Trinajstić information content (AvgIpc) is 3.15. The molecule has 0 bridgehead atoms. The Hall–Kier alpha value is -3.09. The first kappa shape index (κ1) is 17.7. The van der Waals surface area contributed by atoms with Gasteiger partial charge in [-0.2, -0.15) is 8.78 Å². The first-order chi connectivity index (χ1) is 12.7. The quantitative estimate of drug-likeness (QED) is 0.577. The fourth-order valence-corrected chi connectivity index (χ4v) is 2.49. The lowest BCUT2D eigenvalue weighted by Gasteiger charge is -2.25. The van der Waals surface area contributed by atoms with Gasteiger partial charge >= 0.3 is 6.61 Å². The van der Waals surface area contributed by atoms with Crippen LogP contribution in [0.15, 0.2) is 59.5 Å². The lowest BCUT2D eigenvalue weighted by molar-refractivity contribution is -0.0514. The van der Waals surface area contributed by atoms with Gasteiger partial charge in [-0.25, -0.2) is 4.98 Å². The van der Waals surface area contributed by atoms with Crippen LogP contribution in [0.1, 0.15) is 12.7 Å². The average molecular weight is 359 g/mol. The van der Waals surface area contributed by atoms with Gasteiger partial charge in [0.05, 0.1) is 19.3 Å². The molecular weight excluding hydrogens is 342 g/mol. The number of anilines is 2. The highest BCUT2D eigenvalue weighted by molar-refractivity contribution is 5.66. The zero-order valence-corrected chi connectivity index (χ0v) is 14.1. The highest BCUT2D eigenvalue weighted by Gasteiger charge is 2.17. The third-order valence-electron chi connectivity index (χ3n) is 3.55. The van der Waals surface area contributed by atoms with Gasteiger partial charge < -0.3 is 18.8 Å². The molecule has 0 saturated carbocycles. The molecule has 0 saturated heterocycles. The Morgan fingerprint density at radius 2 is 2.12 bits per heavy atom. The number of alkyl halides is 2. The Balaban J connectivity index is 1.98. The molecule has 1 heterocycles. The second-order valence-electron chi connectivity index (χ2n) is 5.26. The molecule has 0 spiro atoms. The number of oxazole rings is 1. The van der Waals surface area contributed by atoms with Crippen LogP contribution in [0.2, 0.25) is 0 Å². The Morgan fingerprint density at radius 3 is 2.77 bits per heavy atom. The minimum atomic E-state index is -2.92. The van der Waals surface area contributed by atoms with Gasteiger partial charge in [0.1, 0.15) is 5.76 Å². The largest absolute Gasteiger partial charge is 0.490 e.